The molecule has 2 aromatic carbocycles. The summed E-state index contributed by atoms with van der Waals surface area (Å²) in [5.74, 6) is -0.230. The van der Waals surface area contributed by atoms with E-state index in [9.17, 15) is 9.59 Å². The van der Waals surface area contributed by atoms with Crippen LogP contribution in [0, 0.1) is 35.5 Å². The smallest absolute Gasteiger partial charge is 0.338 e. The van der Waals surface area contributed by atoms with E-state index in [4.69, 9.17) is 23.7 Å². The van der Waals surface area contributed by atoms with Crippen LogP contribution in [0.15, 0.2) is 48.6 Å². The number of hydrogen-bond donors (Lipinski definition) is 0. The topological polar surface area (TPSA) is 80.3 Å². The standard InChI is InChI=1S/C32H32O7/c1-13-14(2)18-11-17(13)23-24(18)32(30(34)38-6)26-20-12-19(25(26)31(23,39-32)29(33)37-5)21-22(20)28(36-4)16-10-8-7-9-15(16)27(21)35-3/h7-10,17-20,23-26H,1-2,11-12H2,3-6H3/t17-,18+,19+,20-,23-,24+,25+,26-,31-,32+. The Kier molecular flexibility index (Phi) is 4.38. The zero-order valence-electron chi connectivity index (χ0n) is 22.6. The molecular weight excluding hydrogens is 496 g/mol. The lowest BCUT2D eigenvalue weighted by atomic mass is 9.49. The Labute approximate surface area is 227 Å². The first-order chi connectivity index (χ1) is 18.8. The molecule has 4 aliphatic carbocycles. The molecule has 2 aliphatic heterocycles. The Hall–Kier alpha value is -3.32. The molecule has 7 nitrogen and oxygen atoms in total. The van der Waals surface area contributed by atoms with Crippen LogP contribution in [0.3, 0.4) is 0 Å². The van der Waals surface area contributed by atoms with Crippen LogP contribution < -0.4 is 9.47 Å². The largest absolute Gasteiger partial charge is 0.496 e. The molecule has 5 fully saturated rings. The predicted molar refractivity (Wildman–Crippen MR) is 142 cm³/mol. The van der Waals surface area contributed by atoms with Crippen molar-refractivity contribution >= 4 is 22.7 Å². The highest BCUT2D eigenvalue weighted by molar-refractivity contribution is 5.98. The summed E-state index contributed by atoms with van der Waals surface area (Å²) in [5, 5.41) is 1.95. The molecule has 0 amide bonds. The number of fused-ring (bicyclic) bond motifs is 20. The lowest BCUT2D eigenvalue weighted by molar-refractivity contribution is -0.186. The van der Waals surface area contributed by atoms with Gasteiger partial charge in [-0.2, -0.15) is 0 Å². The lowest BCUT2D eigenvalue weighted by Crippen LogP contribution is -2.60. The molecule has 10 atom stereocenters. The van der Waals surface area contributed by atoms with Gasteiger partial charge >= 0.3 is 11.9 Å². The van der Waals surface area contributed by atoms with Gasteiger partial charge in [-0.3, -0.25) is 0 Å². The monoisotopic (exact) mass is 528 g/mol. The van der Waals surface area contributed by atoms with Crippen molar-refractivity contribution in [3.8, 4) is 11.5 Å². The third kappa shape index (κ3) is 2.20. The molecule has 7 heteroatoms. The second kappa shape index (κ2) is 7.25. The van der Waals surface area contributed by atoms with E-state index in [1.165, 1.54) is 14.2 Å². The quantitative estimate of drug-likeness (QED) is 0.539. The summed E-state index contributed by atoms with van der Waals surface area (Å²) in [5.41, 5.74) is 1.55. The van der Waals surface area contributed by atoms with Crippen molar-refractivity contribution in [1.82, 2.24) is 0 Å². The Morgan fingerprint density at radius 2 is 1.10 bits per heavy atom. The molecule has 0 spiro atoms. The van der Waals surface area contributed by atoms with E-state index in [0.29, 0.717) is 0 Å². The fourth-order valence-electron chi connectivity index (χ4n) is 10.7. The minimum Gasteiger partial charge on any atom is -0.496 e. The van der Waals surface area contributed by atoms with Gasteiger partial charge in [-0.1, -0.05) is 37.4 Å². The van der Waals surface area contributed by atoms with E-state index < -0.39 is 23.1 Å². The van der Waals surface area contributed by atoms with Gasteiger partial charge in [0.2, 0.25) is 0 Å². The molecule has 2 saturated heterocycles. The highest BCUT2D eigenvalue weighted by Gasteiger charge is 2.90. The normalized spacial score (nSPS) is 41.5. The molecule has 0 radical (unpaired) electrons. The summed E-state index contributed by atoms with van der Waals surface area (Å²) < 4.78 is 30.3. The second-order valence-corrected chi connectivity index (χ2v) is 12.2. The fourth-order valence-corrected chi connectivity index (χ4v) is 10.7. The first-order valence-electron chi connectivity index (χ1n) is 13.7. The third-order valence-electron chi connectivity index (χ3n) is 11.5. The van der Waals surface area contributed by atoms with Crippen LogP contribution >= 0.6 is 0 Å². The number of allylic oxidation sites excluding steroid dienone is 2. The van der Waals surface area contributed by atoms with Crippen LogP contribution in [-0.4, -0.2) is 51.6 Å². The van der Waals surface area contributed by atoms with E-state index in [0.717, 1.165) is 57.4 Å². The van der Waals surface area contributed by atoms with E-state index in [1.54, 1.807) is 14.2 Å². The molecule has 8 rings (SSSR count). The van der Waals surface area contributed by atoms with Gasteiger partial charge in [0.25, 0.3) is 0 Å². The zero-order chi connectivity index (χ0) is 27.2. The van der Waals surface area contributed by atoms with Gasteiger partial charge in [0.15, 0.2) is 11.2 Å². The fraction of sp³-hybridized carbons (Fsp3) is 0.500. The van der Waals surface area contributed by atoms with E-state index in [2.05, 4.69) is 13.2 Å². The third-order valence-corrected chi connectivity index (χ3v) is 11.5. The van der Waals surface area contributed by atoms with E-state index in [1.807, 2.05) is 24.3 Å². The van der Waals surface area contributed by atoms with Gasteiger partial charge in [0.05, 0.1) is 28.4 Å². The lowest BCUT2D eigenvalue weighted by Gasteiger charge is -2.50. The average molecular weight is 529 g/mol. The van der Waals surface area contributed by atoms with Crippen molar-refractivity contribution < 1.29 is 33.3 Å². The Bertz CT molecular complexity index is 1430. The molecule has 2 heterocycles. The summed E-state index contributed by atoms with van der Waals surface area (Å²) >= 11 is 0. The van der Waals surface area contributed by atoms with Crippen LogP contribution in [0.1, 0.15) is 35.8 Å². The molecule has 202 valence electrons. The minimum atomic E-state index is -1.28. The van der Waals surface area contributed by atoms with Crippen molar-refractivity contribution in [2.45, 2.75) is 35.9 Å². The number of rotatable bonds is 4. The molecule has 3 saturated carbocycles. The average Bonchev–Trinajstić information content (AvgIpc) is 3.78. The van der Waals surface area contributed by atoms with Crippen LogP contribution in [0.5, 0.6) is 11.5 Å². The maximum atomic E-state index is 14.1. The first-order valence-corrected chi connectivity index (χ1v) is 13.7. The summed E-state index contributed by atoms with van der Waals surface area (Å²) in [4.78, 5) is 28.1. The zero-order valence-corrected chi connectivity index (χ0v) is 22.6. The van der Waals surface area contributed by atoms with Gasteiger partial charge in [-0.25, -0.2) is 9.59 Å². The predicted octanol–water partition coefficient (Wildman–Crippen LogP) is 4.54. The number of benzene rings is 2. The van der Waals surface area contributed by atoms with Gasteiger partial charge < -0.3 is 23.7 Å². The summed E-state index contributed by atoms with van der Waals surface area (Å²) in [6, 6.07) is 8.08. The molecule has 0 aromatic heterocycles. The van der Waals surface area contributed by atoms with Crippen molar-refractivity contribution in [3.05, 3.63) is 59.7 Å². The SMILES string of the molecule is C=C1C(=C)[C@@H]2C[C@H]1[C@@H]1[C@H]2[C@]2(C(=O)OC)O[C@@]1(C(=O)OC)[C@@H]1[C@H]2[C@@H]2C[C@H]1c1c2c(OC)c2ccccc2c1OC. The van der Waals surface area contributed by atoms with Crippen LogP contribution in [0.2, 0.25) is 0 Å². The minimum absolute atomic E-state index is 0.0192. The first kappa shape index (κ1) is 23.6. The van der Waals surface area contributed by atoms with Crippen molar-refractivity contribution in [2.24, 2.45) is 35.5 Å². The van der Waals surface area contributed by atoms with Crippen LogP contribution in [0.25, 0.3) is 10.8 Å². The van der Waals surface area contributed by atoms with Gasteiger partial charge in [0.1, 0.15) is 11.5 Å². The summed E-state index contributed by atoms with van der Waals surface area (Å²) in [6.07, 6.45) is 1.61. The van der Waals surface area contributed by atoms with Crippen molar-refractivity contribution in [1.29, 1.82) is 0 Å². The molecular formula is C32H32O7. The number of esters is 2. The highest BCUT2D eigenvalue weighted by atomic mass is 16.6. The summed E-state index contributed by atoms with van der Waals surface area (Å²) in [7, 11) is 6.23. The number of ether oxygens (including phenoxy) is 5. The van der Waals surface area contributed by atoms with Gasteiger partial charge in [0, 0.05) is 45.6 Å². The van der Waals surface area contributed by atoms with E-state index >= 15 is 0 Å². The maximum absolute atomic E-state index is 14.1. The van der Waals surface area contributed by atoms with Crippen molar-refractivity contribution in [3.63, 3.8) is 0 Å². The maximum Gasteiger partial charge on any atom is 0.338 e. The molecule has 6 bridgehead atoms. The Morgan fingerprint density at radius 3 is 1.49 bits per heavy atom. The van der Waals surface area contributed by atoms with Crippen molar-refractivity contribution in [2.75, 3.05) is 28.4 Å². The second-order valence-electron chi connectivity index (χ2n) is 12.2. The van der Waals surface area contributed by atoms with Gasteiger partial charge in [-0.15, -0.1) is 0 Å². The van der Waals surface area contributed by atoms with Crippen LogP contribution in [-0.2, 0) is 23.8 Å². The van der Waals surface area contributed by atoms with Gasteiger partial charge in [-0.05, 0) is 47.7 Å². The highest BCUT2D eigenvalue weighted by Crippen LogP contribution is 2.83. The number of hydrogen-bond acceptors (Lipinski definition) is 7. The van der Waals surface area contributed by atoms with E-state index in [-0.39, 0.29) is 47.3 Å². The number of methoxy groups -OCH3 is 4. The summed E-state index contributed by atoms with van der Waals surface area (Å²) in [6.45, 7) is 8.72. The number of carbonyl (C=O) groups excluding carboxylic acids is 2. The Balaban J connectivity index is 1.45. The molecule has 0 unspecified atom stereocenters. The molecule has 0 N–H and O–H groups in total. The Morgan fingerprint density at radius 1 is 0.718 bits per heavy atom. The molecule has 2 aromatic rings. The van der Waals surface area contributed by atoms with Crippen LogP contribution in [0.4, 0.5) is 0 Å². The number of carbonyl (C=O) groups is 2. The molecule has 39 heavy (non-hydrogen) atoms. The molecule has 6 aliphatic rings.